The molecular formula is C12H19NO3. The lowest BCUT2D eigenvalue weighted by Crippen LogP contribution is -2.47. The molecule has 1 aliphatic heterocycles. The van der Waals surface area contributed by atoms with Gasteiger partial charge >= 0.3 is 5.97 Å². The normalized spacial score (nSPS) is 27.2. The van der Waals surface area contributed by atoms with Crippen molar-refractivity contribution < 1.29 is 14.3 Å². The predicted molar refractivity (Wildman–Crippen MR) is 58.7 cm³/mol. The molecule has 0 bridgehead atoms. The Hall–Kier alpha value is -1.06. The van der Waals surface area contributed by atoms with E-state index in [1.165, 1.54) is 20.0 Å². The molecule has 0 N–H and O–H groups in total. The first-order valence-electron chi connectivity index (χ1n) is 6.09. The minimum atomic E-state index is -0.171. The van der Waals surface area contributed by atoms with Gasteiger partial charge in [0.2, 0.25) is 5.91 Å². The van der Waals surface area contributed by atoms with Crippen molar-refractivity contribution in [1.29, 1.82) is 0 Å². The van der Waals surface area contributed by atoms with Crippen LogP contribution in [0, 0.1) is 5.92 Å². The summed E-state index contributed by atoms with van der Waals surface area (Å²) in [5.74, 6) is -0.0640. The third kappa shape index (κ3) is 2.20. The average molecular weight is 225 g/mol. The van der Waals surface area contributed by atoms with E-state index in [0.29, 0.717) is 25.4 Å². The summed E-state index contributed by atoms with van der Waals surface area (Å²) >= 11 is 0. The van der Waals surface area contributed by atoms with E-state index in [1.807, 2.05) is 4.90 Å². The number of carbonyl (C=O) groups excluding carboxylic acids is 2. The van der Waals surface area contributed by atoms with E-state index in [0.717, 1.165) is 12.8 Å². The van der Waals surface area contributed by atoms with Crippen LogP contribution in [0.25, 0.3) is 0 Å². The van der Waals surface area contributed by atoms with Crippen LogP contribution in [0.5, 0.6) is 0 Å². The van der Waals surface area contributed by atoms with Crippen LogP contribution < -0.4 is 0 Å². The van der Waals surface area contributed by atoms with E-state index in [4.69, 9.17) is 4.74 Å². The zero-order valence-corrected chi connectivity index (χ0v) is 9.78. The summed E-state index contributed by atoms with van der Waals surface area (Å²) < 4.78 is 4.76. The first-order chi connectivity index (χ1) is 7.72. The molecule has 0 radical (unpaired) electrons. The van der Waals surface area contributed by atoms with Crippen LogP contribution in [0.1, 0.15) is 38.5 Å². The van der Waals surface area contributed by atoms with E-state index >= 15 is 0 Å². The first kappa shape index (κ1) is 11.4. The second kappa shape index (κ2) is 4.85. The van der Waals surface area contributed by atoms with Crippen LogP contribution in [-0.2, 0) is 14.3 Å². The molecule has 16 heavy (non-hydrogen) atoms. The van der Waals surface area contributed by atoms with E-state index in [-0.39, 0.29) is 17.8 Å². The van der Waals surface area contributed by atoms with E-state index in [9.17, 15) is 9.59 Å². The number of esters is 1. The largest absolute Gasteiger partial charge is 0.469 e. The van der Waals surface area contributed by atoms with Crippen molar-refractivity contribution in [3.05, 3.63) is 0 Å². The summed E-state index contributed by atoms with van der Waals surface area (Å²) in [6, 6.07) is 0.375. The highest BCUT2D eigenvalue weighted by Crippen LogP contribution is 2.28. The van der Waals surface area contributed by atoms with Crippen LogP contribution in [0.3, 0.4) is 0 Å². The number of methoxy groups -OCH3 is 1. The summed E-state index contributed by atoms with van der Waals surface area (Å²) in [4.78, 5) is 25.2. The second-order valence-corrected chi connectivity index (χ2v) is 4.74. The Balaban J connectivity index is 1.99. The molecule has 90 valence electrons. The Labute approximate surface area is 95.9 Å². The summed E-state index contributed by atoms with van der Waals surface area (Å²) in [7, 11) is 1.42. The number of carbonyl (C=O) groups is 2. The third-order valence-electron chi connectivity index (χ3n) is 3.74. The van der Waals surface area contributed by atoms with Gasteiger partial charge in [0, 0.05) is 19.0 Å². The quantitative estimate of drug-likeness (QED) is 0.666. The fourth-order valence-corrected chi connectivity index (χ4v) is 2.80. The number of amides is 1. The van der Waals surface area contributed by atoms with Crippen molar-refractivity contribution in [1.82, 2.24) is 4.90 Å². The molecule has 1 saturated heterocycles. The number of likely N-dealkylation sites (tertiary alicyclic amines) is 1. The Kier molecular flexibility index (Phi) is 3.46. The molecular weight excluding hydrogens is 206 g/mol. The van der Waals surface area contributed by atoms with Crippen LogP contribution in [0.2, 0.25) is 0 Å². The van der Waals surface area contributed by atoms with Gasteiger partial charge in [0.15, 0.2) is 0 Å². The smallest absolute Gasteiger partial charge is 0.310 e. The van der Waals surface area contributed by atoms with Crippen molar-refractivity contribution in [3.8, 4) is 0 Å². The van der Waals surface area contributed by atoms with Crippen LogP contribution >= 0.6 is 0 Å². The highest BCUT2D eigenvalue weighted by atomic mass is 16.5. The van der Waals surface area contributed by atoms with E-state index in [2.05, 4.69) is 0 Å². The van der Waals surface area contributed by atoms with Crippen LogP contribution in [0.15, 0.2) is 0 Å². The topological polar surface area (TPSA) is 46.6 Å². The Morgan fingerprint density at radius 1 is 1.31 bits per heavy atom. The summed E-state index contributed by atoms with van der Waals surface area (Å²) in [6.07, 6.45) is 5.75. The van der Waals surface area contributed by atoms with Crippen molar-refractivity contribution in [2.24, 2.45) is 5.92 Å². The number of nitrogens with zero attached hydrogens (tertiary/aromatic N) is 1. The maximum Gasteiger partial charge on any atom is 0.310 e. The van der Waals surface area contributed by atoms with Gasteiger partial charge in [-0.05, 0) is 19.3 Å². The number of rotatable bonds is 2. The molecule has 1 aliphatic carbocycles. The lowest BCUT2D eigenvalue weighted by atomic mass is 9.96. The molecule has 0 spiro atoms. The molecule has 4 heteroatoms. The molecule has 2 aliphatic rings. The molecule has 1 heterocycles. The molecule has 0 aromatic heterocycles. The number of ether oxygens (including phenoxy) is 1. The summed E-state index contributed by atoms with van der Waals surface area (Å²) in [6.45, 7) is 0.566. The van der Waals surface area contributed by atoms with Gasteiger partial charge in [-0.1, -0.05) is 12.8 Å². The van der Waals surface area contributed by atoms with Crippen molar-refractivity contribution in [2.75, 3.05) is 13.7 Å². The van der Waals surface area contributed by atoms with Gasteiger partial charge in [0.1, 0.15) is 0 Å². The third-order valence-corrected chi connectivity index (χ3v) is 3.74. The fraction of sp³-hybridized carbons (Fsp3) is 0.833. The Bertz CT molecular complexity index is 284. The van der Waals surface area contributed by atoms with Gasteiger partial charge in [-0.25, -0.2) is 0 Å². The summed E-state index contributed by atoms with van der Waals surface area (Å²) in [5.41, 5.74) is 0. The fourth-order valence-electron chi connectivity index (χ4n) is 2.80. The molecule has 1 saturated carbocycles. The lowest BCUT2D eigenvalue weighted by Gasteiger charge is -2.35. The minimum Gasteiger partial charge on any atom is -0.469 e. The zero-order valence-electron chi connectivity index (χ0n) is 9.78. The van der Waals surface area contributed by atoms with Gasteiger partial charge in [0.05, 0.1) is 13.0 Å². The highest BCUT2D eigenvalue weighted by Gasteiger charge is 2.35. The van der Waals surface area contributed by atoms with Crippen molar-refractivity contribution >= 4 is 11.9 Å². The molecule has 0 aromatic carbocycles. The van der Waals surface area contributed by atoms with Crippen molar-refractivity contribution in [2.45, 2.75) is 44.6 Å². The lowest BCUT2D eigenvalue weighted by molar-refractivity contribution is -0.151. The summed E-state index contributed by atoms with van der Waals surface area (Å²) in [5, 5.41) is 0. The van der Waals surface area contributed by atoms with Gasteiger partial charge in [-0.2, -0.15) is 0 Å². The monoisotopic (exact) mass is 225 g/mol. The maximum absolute atomic E-state index is 11.8. The van der Waals surface area contributed by atoms with Crippen LogP contribution in [-0.4, -0.2) is 36.5 Å². The second-order valence-electron chi connectivity index (χ2n) is 4.74. The zero-order chi connectivity index (χ0) is 11.5. The molecule has 2 fully saturated rings. The number of hydrogen-bond donors (Lipinski definition) is 0. The Morgan fingerprint density at radius 2 is 2.00 bits per heavy atom. The van der Waals surface area contributed by atoms with Gasteiger partial charge < -0.3 is 9.64 Å². The SMILES string of the molecule is COC(=O)C1CCC(=O)N(C2CCCC2)C1. The number of piperidine rings is 1. The molecule has 2 rings (SSSR count). The molecule has 1 unspecified atom stereocenters. The maximum atomic E-state index is 11.8. The van der Waals surface area contributed by atoms with Crippen molar-refractivity contribution in [3.63, 3.8) is 0 Å². The molecule has 0 aromatic rings. The van der Waals surface area contributed by atoms with Gasteiger partial charge in [0.25, 0.3) is 0 Å². The van der Waals surface area contributed by atoms with E-state index < -0.39 is 0 Å². The number of hydrogen-bond acceptors (Lipinski definition) is 3. The first-order valence-corrected chi connectivity index (χ1v) is 6.09. The minimum absolute atomic E-state index is 0.108. The molecule has 1 amide bonds. The van der Waals surface area contributed by atoms with Crippen LogP contribution in [0.4, 0.5) is 0 Å². The molecule has 4 nitrogen and oxygen atoms in total. The van der Waals surface area contributed by atoms with E-state index in [1.54, 1.807) is 0 Å². The highest BCUT2D eigenvalue weighted by molar-refractivity contribution is 5.81. The van der Waals surface area contributed by atoms with Gasteiger partial charge in [-0.15, -0.1) is 0 Å². The Morgan fingerprint density at radius 3 is 2.62 bits per heavy atom. The van der Waals surface area contributed by atoms with Gasteiger partial charge in [-0.3, -0.25) is 9.59 Å². The predicted octanol–water partition coefficient (Wildman–Crippen LogP) is 1.34. The molecule has 1 atom stereocenters. The average Bonchev–Trinajstić information content (AvgIpc) is 2.82. The standard InChI is InChI=1S/C12H19NO3/c1-16-12(15)9-6-7-11(14)13(8-9)10-4-2-3-5-10/h9-10H,2-8H2,1H3.